The summed E-state index contributed by atoms with van der Waals surface area (Å²) in [5, 5.41) is 9.84. The smallest absolute Gasteiger partial charge is 0.340 e. The van der Waals surface area contributed by atoms with Crippen molar-refractivity contribution < 1.29 is 19.4 Å². The largest absolute Gasteiger partial charge is 0.506 e. The van der Waals surface area contributed by atoms with E-state index < -0.39 is 17.7 Å². The van der Waals surface area contributed by atoms with E-state index in [9.17, 15) is 9.90 Å². The average molecular weight is 496 g/mol. The second kappa shape index (κ2) is 10.4. The van der Waals surface area contributed by atoms with E-state index in [2.05, 4.69) is 9.88 Å². The van der Waals surface area contributed by atoms with Crippen LogP contribution in [0.15, 0.2) is 24.5 Å². The number of ether oxygens (including phenoxy) is 2. The Labute approximate surface area is 215 Å². The van der Waals surface area contributed by atoms with Gasteiger partial charge in [0.25, 0.3) is 0 Å². The Kier molecular flexibility index (Phi) is 7.60. The topological polar surface area (TPSA) is 84.8 Å². The van der Waals surface area contributed by atoms with Gasteiger partial charge < -0.3 is 19.5 Å². The van der Waals surface area contributed by atoms with Crippen LogP contribution in [0.3, 0.4) is 0 Å². The maximum atomic E-state index is 13.5. The molecule has 2 aromatic heterocycles. The first-order valence-electron chi connectivity index (χ1n) is 13.3. The number of pyridine rings is 2. The molecule has 0 radical (unpaired) electrons. The molecule has 2 aromatic rings. The molecule has 7 nitrogen and oxygen atoms in total. The van der Waals surface area contributed by atoms with Crippen LogP contribution in [-0.4, -0.2) is 45.8 Å². The van der Waals surface area contributed by atoms with Crippen LogP contribution < -0.4 is 4.90 Å². The SMILES string of the molecule is Cc1ncc(-c2ccc(O)cn2)c(N2CCC3(CCCC3)CC2)c1[C@H](OC(C)(C)C)C(=O)OC(C)C. The molecular weight excluding hydrogens is 454 g/mol. The Morgan fingerprint density at radius 3 is 2.28 bits per heavy atom. The molecule has 36 heavy (non-hydrogen) atoms. The number of anilines is 1. The Morgan fingerprint density at radius 2 is 1.72 bits per heavy atom. The number of carbonyl (C=O) groups excluding carboxylic acids is 1. The van der Waals surface area contributed by atoms with Crippen molar-refractivity contribution in [1.29, 1.82) is 0 Å². The van der Waals surface area contributed by atoms with Crippen molar-refractivity contribution in [3.8, 4) is 17.0 Å². The molecule has 1 aliphatic carbocycles. The lowest BCUT2D eigenvalue weighted by Gasteiger charge is -2.42. The van der Waals surface area contributed by atoms with E-state index in [4.69, 9.17) is 14.5 Å². The van der Waals surface area contributed by atoms with Gasteiger partial charge in [0.1, 0.15) is 5.75 Å². The van der Waals surface area contributed by atoms with Gasteiger partial charge in [-0.2, -0.15) is 0 Å². The standard InChI is InChI=1S/C29H41N3O4/c1-19(2)35-27(34)26(36-28(4,5)6)24-20(3)30-18-22(23-10-9-21(33)17-31-23)25(24)32-15-13-29(14-16-32)11-7-8-12-29/h9-10,17-19,26,33H,7-8,11-16H2,1-6H3/t26-/m0/s1. The molecule has 0 unspecified atom stereocenters. The third kappa shape index (κ3) is 5.83. The normalized spacial score (nSPS) is 18.6. The van der Waals surface area contributed by atoms with Gasteiger partial charge in [-0.15, -0.1) is 0 Å². The van der Waals surface area contributed by atoms with Crippen LogP contribution in [0.25, 0.3) is 11.3 Å². The number of aryl methyl sites for hydroxylation is 1. The fourth-order valence-corrected chi connectivity index (χ4v) is 5.70. The molecule has 2 fully saturated rings. The highest BCUT2D eigenvalue weighted by Gasteiger charge is 2.40. The second-order valence-electron chi connectivity index (χ2n) is 11.7. The van der Waals surface area contributed by atoms with Gasteiger partial charge in [-0.25, -0.2) is 4.79 Å². The van der Waals surface area contributed by atoms with E-state index >= 15 is 0 Å². The van der Waals surface area contributed by atoms with E-state index in [-0.39, 0.29) is 11.9 Å². The van der Waals surface area contributed by atoms with Crippen molar-refractivity contribution in [2.75, 3.05) is 18.0 Å². The van der Waals surface area contributed by atoms with Crippen LogP contribution in [-0.2, 0) is 14.3 Å². The monoisotopic (exact) mass is 495 g/mol. The van der Waals surface area contributed by atoms with E-state index in [1.54, 1.807) is 12.1 Å². The summed E-state index contributed by atoms with van der Waals surface area (Å²) in [6, 6.07) is 3.43. The fraction of sp³-hybridized carbons (Fsp3) is 0.621. The summed E-state index contributed by atoms with van der Waals surface area (Å²) >= 11 is 0. The number of hydrogen-bond acceptors (Lipinski definition) is 7. The zero-order valence-electron chi connectivity index (χ0n) is 22.6. The molecule has 1 atom stereocenters. The zero-order chi connectivity index (χ0) is 26.1. The minimum Gasteiger partial charge on any atom is -0.506 e. The van der Waals surface area contributed by atoms with Gasteiger partial charge in [-0.3, -0.25) is 9.97 Å². The lowest BCUT2D eigenvalue weighted by Crippen LogP contribution is -2.40. The van der Waals surface area contributed by atoms with E-state index in [1.165, 1.54) is 31.9 Å². The second-order valence-corrected chi connectivity index (χ2v) is 11.7. The number of esters is 1. The molecular formula is C29H41N3O4. The van der Waals surface area contributed by atoms with Crippen LogP contribution in [0, 0.1) is 12.3 Å². The number of nitrogens with zero attached hydrogens (tertiary/aromatic N) is 3. The van der Waals surface area contributed by atoms with Crippen LogP contribution in [0.2, 0.25) is 0 Å². The summed E-state index contributed by atoms with van der Waals surface area (Å²) < 4.78 is 12.1. The Hall–Kier alpha value is -2.67. The highest BCUT2D eigenvalue weighted by molar-refractivity contribution is 5.86. The van der Waals surface area contributed by atoms with E-state index in [0.717, 1.165) is 48.4 Å². The Balaban J connectivity index is 1.85. The number of piperidine rings is 1. The van der Waals surface area contributed by atoms with Crippen LogP contribution in [0.5, 0.6) is 5.75 Å². The first-order valence-corrected chi connectivity index (χ1v) is 13.3. The van der Waals surface area contributed by atoms with Gasteiger partial charge in [0.05, 0.1) is 29.3 Å². The van der Waals surface area contributed by atoms with Crippen LogP contribution in [0.4, 0.5) is 5.69 Å². The predicted molar refractivity (Wildman–Crippen MR) is 141 cm³/mol. The highest BCUT2D eigenvalue weighted by Crippen LogP contribution is 2.49. The van der Waals surface area contributed by atoms with Crippen molar-refractivity contribution in [2.45, 2.75) is 97.9 Å². The molecule has 1 saturated heterocycles. The first-order chi connectivity index (χ1) is 17.0. The maximum Gasteiger partial charge on any atom is 0.340 e. The number of hydrogen-bond donors (Lipinski definition) is 1. The van der Waals surface area contributed by atoms with Gasteiger partial charge in [-0.05, 0) is 84.8 Å². The van der Waals surface area contributed by atoms with Crippen molar-refractivity contribution in [3.63, 3.8) is 0 Å². The molecule has 0 amide bonds. The van der Waals surface area contributed by atoms with Crippen molar-refractivity contribution in [1.82, 2.24) is 9.97 Å². The van der Waals surface area contributed by atoms with Crippen molar-refractivity contribution >= 4 is 11.7 Å². The van der Waals surface area contributed by atoms with Gasteiger partial charge in [0.15, 0.2) is 6.10 Å². The number of rotatable bonds is 6. The predicted octanol–water partition coefficient (Wildman–Crippen LogP) is 6.13. The fourth-order valence-electron chi connectivity index (χ4n) is 5.70. The summed E-state index contributed by atoms with van der Waals surface area (Å²) in [4.78, 5) is 25.1. The van der Waals surface area contributed by atoms with Gasteiger partial charge >= 0.3 is 5.97 Å². The van der Waals surface area contributed by atoms with Gasteiger partial charge in [-0.1, -0.05) is 12.8 Å². The minimum absolute atomic E-state index is 0.108. The van der Waals surface area contributed by atoms with Crippen LogP contribution >= 0.6 is 0 Å². The summed E-state index contributed by atoms with van der Waals surface area (Å²) in [5.41, 5.74) is 3.82. The van der Waals surface area contributed by atoms with Crippen molar-refractivity contribution in [2.24, 2.45) is 5.41 Å². The van der Waals surface area contributed by atoms with Crippen LogP contribution in [0.1, 0.15) is 90.5 Å². The third-order valence-corrected chi connectivity index (χ3v) is 7.42. The maximum absolute atomic E-state index is 13.5. The number of aromatic hydroxyl groups is 1. The van der Waals surface area contributed by atoms with Crippen molar-refractivity contribution in [3.05, 3.63) is 35.8 Å². The molecule has 0 bridgehead atoms. The highest BCUT2D eigenvalue weighted by atomic mass is 16.6. The molecule has 1 saturated carbocycles. The molecule has 7 heteroatoms. The lowest BCUT2D eigenvalue weighted by atomic mass is 9.76. The molecule has 3 heterocycles. The Morgan fingerprint density at radius 1 is 1.06 bits per heavy atom. The third-order valence-electron chi connectivity index (χ3n) is 7.42. The average Bonchev–Trinajstić information content (AvgIpc) is 3.25. The molecule has 1 spiro atoms. The number of aromatic nitrogens is 2. The minimum atomic E-state index is -0.922. The molecule has 4 rings (SSSR count). The summed E-state index contributed by atoms with van der Waals surface area (Å²) in [7, 11) is 0. The quantitative estimate of drug-likeness (QED) is 0.483. The van der Waals surface area contributed by atoms with E-state index in [0.29, 0.717) is 11.1 Å². The molecule has 2 aliphatic rings. The lowest BCUT2D eigenvalue weighted by molar-refractivity contribution is -0.171. The molecule has 1 aliphatic heterocycles. The molecule has 1 N–H and O–H groups in total. The molecule has 196 valence electrons. The summed E-state index contributed by atoms with van der Waals surface area (Å²) in [5.74, 6) is -0.303. The van der Waals surface area contributed by atoms with Gasteiger partial charge in [0, 0.05) is 36.1 Å². The summed E-state index contributed by atoms with van der Waals surface area (Å²) in [6.45, 7) is 13.3. The zero-order valence-corrected chi connectivity index (χ0v) is 22.6. The number of carbonyl (C=O) groups is 1. The summed E-state index contributed by atoms with van der Waals surface area (Å²) in [6.07, 6.45) is 9.63. The van der Waals surface area contributed by atoms with Gasteiger partial charge in [0.2, 0.25) is 0 Å². The molecule has 0 aromatic carbocycles. The first kappa shape index (κ1) is 26.4. The Bertz CT molecular complexity index is 1060. The van der Waals surface area contributed by atoms with E-state index in [1.807, 2.05) is 47.7 Å².